The molecule has 0 spiro atoms. The summed E-state index contributed by atoms with van der Waals surface area (Å²) in [5.41, 5.74) is 0.967. The normalized spacial score (nSPS) is 20.6. The second-order valence-corrected chi connectivity index (χ2v) is 5.55. The molecule has 2 rings (SSSR count). The Morgan fingerprint density at radius 1 is 1.45 bits per heavy atom. The number of morpholine rings is 1. The van der Waals surface area contributed by atoms with Crippen LogP contribution < -0.4 is 0 Å². The Morgan fingerprint density at radius 3 is 2.85 bits per heavy atom. The molecule has 0 saturated carbocycles. The Labute approximate surface area is 126 Å². The van der Waals surface area contributed by atoms with Gasteiger partial charge in [-0.1, -0.05) is 6.07 Å². The van der Waals surface area contributed by atoms with Gasteiger partial charge in [-0.05, 0) is 33.6 Å². The lowest BCUT2D eigenvalue weighted by molar-refractivity contribution is -0.131. The fourth-order valence-electron chi connectivity index (χ4n) is 2.24. The summed E-state index contributed by atoms with van der Waals surface area (Å²) in [6.07, 6.45) is -0.302. The smallest absolute Gasteiger partial charge is 0.169 e. The molecule has 0 aliphatic carbocycles. The first-order valence-electron chi connectivity index (χ1n) is 6.48. The third-order valence-corrected chi connectivity index (χ3v) is 4.01. The number of hydrogen-bond acceptors (Lipinski definition) is 4. The van der Waals surface area contributed by atoms with Crippen LogP contribution in [0.5, 0.6) is 0 Å². The summed E-state index contributed by atoms with van der Waals surface area (Å²) < 4.78 is 29.9. The van der Waals surface area contributed by atoms with Crippen molar-refractivity contribution in [3.05, 3.63) is 34.1 Å². The fraction of sp³-hybridized carbons (Fsp3) is 0.571. The van der Waals surface area contributed by atoms with Crippen LogP contribution in [-0.2, 0) is 14.2 Å². The molecule has 6 heteroatoms. The summed E-state index contributed by atoms with van der Waals surface area (Å²) in [5, 5.41) is 0. The highest BCUT2D eigenvalue weighted by Crippen LogP contribution is 2.26. The Kier molecular flexibility index (Phi) is 5.92. The average Bonchev–Trinajstić information content (AvgIpc) is 2.48. The zero-order chi connectivity index (χ0) is 14.5. The van der Waals surface area contributed by atoms with E-state index in [4.69, 9.17) is 14.2 Å². The van der Waals surface area contributed by atoms with E-state index in [0.29, 0.717) is 17.6 Å². The van der Waals surface area contributed by atoms with Gasteiger partial charge in [-0.25, -0.2) is 4.39 Å². The van der Waals surface area contributed by atoms with Crippen molar-refractivity contribution in [2.75, 3.05) is 40.5 Å². The van der Waals surface area contributed by atoms with Gasteiger partial charge in [0, 0.05) is 33.9 Å². The molecular weight excluding hydrogens is 329 g/mol. The molecule has 1 atom stereocenters. The summed E-state index contributed by atoms with van der Waals surface area (Å²) in [6, 6.07) is 4.99. The van der Waals surface area contributed by atoms with E-state index in [2.05, 4.69) is 20.8 Å². The van der Waals surface area contributed by atoms with Gasteiger partial charge in [-0.2, -0.15) is 0 Å². The summed E-state index contributed by atoms with van der Waals surface area (Å²) in [6.45, 7) is 2.90. The third kappa shape index (κ3) is 3.99. The maximum atomic E-state index is 13.3. The fourth-order valence-corrected chi connectivity index (χ4v) is 2.64. The van der Waals surface area contributed by atoms with E-state index in [1.54, 1.807) is 26.4 Å². The van der Waals surface area contributed by atoms with Gasteiger partial charge in [0.1, 0.15) is 5.82 Å². The Bertz CT molecular complexity index is 442. The van der Waals surface area contributed by atoms with Crippen molar-refractivity contribution >= 4 is 15.9 Å². The first-order chi connectivity index (χ1) is 9.63. The minimum Gasteiger partial charge on any atom is -0.371 e. The molecule has 4 nitrogen and oxygen atoms in total. The summed E-state index contributed by atoms with van der Waals surface area (Å²) >= 11 is 3.21. The van der Waals surface area contributed by atoms with Crippen molar-refractivity contribution in [1.29, 1.82) is 0 Å². The lowest BCUT2D eigenvalue weighted by Crippen LogP contribution is -2.43. The van der Waals surface area contributed by atoms with Crippen LogP contribution in [0.2, 0.25) is 0 Å². The highest BCUT2D eigenvalue weighted by molar-refractivity contribution is 9.10. The van der Waals surface area contributed by atoms with Gasteiger partial charge in [-0.15, -0.1) is 0 Å². The molecule has 0 radical (unpaired) electrons. The molecule has 0 bridgehead atoms. The monoisotopic (exact) mass is 347 g/mol. The molecule has 1 unspecified atom stereocenters. The predicted molar refractivity (Wildman–Crippen MR) is 77.0 cm³/mol. The topological polar surface area (TPSA) is 30.9 Å². The van der Waals surface area contributed by atoms with Crippen molar-refractivity contribution in [2.24, 2.45) is 0 Å². The summed E-state index contributed by atoms with van der Waals surface area (Å²) in [7, 11) is 3.26. The Hall–Kier alpha value is -0.530. The van der Waals surface area contributed by atoms with Gasteiger partial charge in [0.2, 0.25) is 0 Å². The van der Waals surface area contributed by atoms with E-state index in [-0.39, 0.29) is 18.2 Å². The first-order valence-corrected chi connectivity index (χ1v) is 7.28. The molecule has 1 aliphatic rings. The number of ether oxygens (including phenoxy) is 3. The van der Waals surface area contributed by atoms with Gasteiger partial charge in [0.05, 0.1) is 17.2 Å². The lowest BCUT2D eigenvalue weighted by Gasteiger charge is -2.34. The molecule has 0 N–H and O–H groups in total. The van der Waals surface area contributed by atoms with E-state index in [9.17, 15) is 4.39 Å². The molecule has 0 aromatic heterocycles. The van der Waals surface area contributed by atoms with Crippen LogP contribution in [0.25, 0.3) is 0 Å². The molecular formula is C14H19BrFNO3. The van der Waals surface area contributed by atoms with E-state index >= 15 is 0 Å². The highest BCUT2D eigenvalue weighted by Gasteiger charge is 2.24. The van der Waals surface area contributed by atoms with Crippen LogP contribution in [0.1, 0.15) is 11.7 Å². The molecule has 1 aromatic rings. The molecule has 1 saturated heterocycles. The quantitative estimate of drug-likeness (QED) is 0.766. The summed E-state index contributed by atoms with van der Waals surface area (Å²) in [4.78, 5) is 2.23. The van der Waals surface area contributed by atoms with Crippen LogP contribution in [0.4, 0.5) is 4.39 Å². The largest absolute Gasteiger partial charge is 0.371 e. The number of halogens is 2. The van der Waals surface area contributed by atoms with E-state index in [0.717, 1.165) is 18.7 Å². The van der Waals surface area contributed by atoms with Gasteiger partial charge < -0.3 is 14.2 Å². The maximum Gasteiger partial charge on any atom is 0.169 e. The van der Waals surface area contributed by atoms with Gasteiger partial charge in [-0.3, -0.25) is 4.90 Å². The van der Waals surface area contributed by atoms with Crippen LogP contribution in [0, 0.1) is 5.82 Å². The second-order valence-electron chi connectivity index (χ2n) is 4.69. The molecule has 0 amide bonds. The minimum atomic E-state index is -0.264. The van der Waals surface area contributed by atoms with Crippen molar-refractivity contribution < 1.29 is 18.6 Å². The zero-order valence-electron chi connectivity index (χ0n) is 11.6. The first kappa shape index (κ1) is 15.9. The molecule has 20 heavy (non-hydrogen) atoms. The van der Waals surface area contributed by atoms with Crippen molar-refractivity contribution in [3.8, 4) is 0 Å². The maximum absolute atomic E-state index is 13.3. The average molecular weight is 348 g/mol. The number of benzene rings is 1. The van der Waals surface area contributed by atoms with Crippen molar-refractivity contribution in [1.82, 2.24) is 4.90 Å². The van der Waals surface area contributed by atoms with E-state index < -0.39 is 0 Å². The molecule has 112 valence electrons. The third-order valence-electron chi connectivity index (χ3n) is 3.40. The highest BCUT2D eigenvalue weighted by atomic mass is 79.9. The van der Waals surface area contributed by atoms with Crippen LogP contribution in [0.15, 0.2) is 22.7 Å². The predicted octanol–water partition coefficient (Wildman–Crippen LogP) is 2.58. The van der Waals surface area contributed by atoms with Crippen molar-refractivity contribution in [2.45, 2.75) is 12.4 Å². The number of methoxy groups -OCH3 is 2. The van der Waals surface area contributed by atoms with Gasteiger partial charge >= 0.3 is 0 Å². The van der Waals surface area contributed by atoms with Crippen LogP contribution in [-0.4, -0.2) is 51.7 Å². The lowest BCUT2D eigenvalue weighted by atomic mass is 10.1. The Balaban J connectivity index is 2.00. The molecule has 1 heterocycles. The Morgan fingerprint density at radius 2 is 2.20 bits per heavy atom. The second kappa shape index (κ2) is 7.47. The van der Waals surface area contributed by atoms with E-state index in [1.165, 1.54) is 6.07 Å². The SMILES string of the molecule is COC(CN1CCOC(c2ccc(F)c(Br)c2)C1)OC. The number of rotatable bonds is 5. The molecule has 1 aliphatic heterocycles. The number of nitrogens with zero attached hydrogens (tertiary/aromatic N) is 1. The molecule has 1 fully saturated rings. The minimum absolute atomic E-state index is 0.0602. The van der Waals surface area contributed by atoms with Crippen molar-refractivity contribution in [3.63, 3.8) is 0 Å². The number of hydrogen-bond donors (Lipinski definition) is 0. The zero-order valence-corrected chi connectivity index (χ0v) is 13.2. The van der Waals surface area contributed by atoms with E-state index in [1.807, 2.05) is 0 Å². The van der Waals surface area contributed by atoms with Crippen LogP contribution >= 0.6 is 15.9 Å². The van der Waals surface area contributed by atoms with Gasteiger partial charge in [0.25, 0.3) is 0 Å². The van der Waals surface area contributed by atoms with Gasteiger partial charge in [0.15, 0.2) is 6.29 Å². The van der Waals surface area contributed by atoms with Crippen LogP contribution in [0.3, 0.4) is 0 Å². The standard InChI is InChI=1S/C14H19BrFNO3/c1-18-14(19-2)9-17-5-6-20-13(8-17)10-3-4-12(16)11(15)7-10/h3-4,7,13-14H,5-6,8-9H2,1-2H3. The molecule has 1 aromatic carbocycles. The summed E-state index contributed by atoms with van der Waals surface area (Å²) in [5.74, 6) is -0.264.